The highest BCUT2D eigenvalue weighted by Gasteiger charge is 2.03. The van der Waals surface area contributed by atoms with Crippen molar-refractivity contribution in [3.63, 3.8) is 0 Å². The summed E-state index contributed by atoms with van der Waals surface area (Å²) in [6.45, 7) is 1.87. The fourth-order valence-corrected chi connectivity index (χ4v) is 1.31. The van der Waals surface area contributed by atoms with E-state index < -0.39 is 0 Å². The van der Waals surface area contributed by atoms with E-state index in [2.05, 4.69) is 9.97 Å². The molecule has 0 unspecified atom stereocenters. The third-order valence-electron chi connectivity index (χ3n) is 1.64. The van der Waals surface area contributed by atoms with Gasteiger partial charge in [-0.3, -0.25) is 0 Å². The number of aromatic nitrogens is 2. The molecule has 2 heterocycles. The molecule has 0 fully saturated rings. The lowest BCUT2D eigenvalue weighted by molar-refractivity contribution is 0.568. The minimum Gasteiger partial charge on any atom is -0.472 e. The Morgan fingerprint density at radius 1 is 1.38 bits per heavy atom. The Morgan fingerprint density at radius 3 is 2.85 bits per heavy atom. The summed E-state index contributed by atoms with van der Waals surface area (Å²) in [5, 5.41) is 0.260. The molecule has 4 heteroatoms. The Labute approximate surface area is 80.4 Å². The van der Waals surface area contributed by atoms with Gasteiger partial charge in [-0.2, -0.15) is 0 Å². The van der Waals surface area contributed by atoms with E-state index in [0.29, 0.717) is 0 Å². The van der Waals surface area contributed by atoms with Gasteiger partial charge in [0.05, 0.1) is 18.2 Å². The molecule has 0 saturated carbocycles. The van der Waals surface area contributed by atoms with E-state index in [9.17, 15) is 0 Å². The van der Waals surface area contributed by atoms with Gasteiger partial charge >= 0.3 is 0 Å². The number of hydrogen-bond donors (Lipinski definition) is 0. The summed E-state index contributed by atoms with van der Waals surface area (Å²) in [4.78, 5) is 8.04. The summed E-state index contributed by atoms with van der Waals surface area (Å²) in [5.74, 6) is 0. The number of hydrogen-bond acceptors (Lipinski definition) is 3. The Morgan fingerprint density at radius 2 is 2.23 bits per heavy atom. The molecule has 0 aliphatic rings. The van der Waals surface area contributed by atoms with Crippen molar-refractivity contribution in [1.82, 2.24) is 9.97 Å². The molecule has 0 aromatic carbocycles. The predicted molar refractivity (Wildman–Crippen MR) is 49.5 cm³/mol. The summed E-state index contributed by atoms with van der Waals surface area (Å²) in [5.41, 5.74) is 2.54. The van der Waals surface area contributed by atoms with Gasteiger partial charge in [-0.05, 0) is 30.7 Å². The zero-order valence-corrected chi connectivity index (χ0v) is 7.75. The van der Waals surface area contributed by atoms with Crippen LogP contribution in [-0.2, 0) is 0 Å². The van der Waals surface area contributed by atoms with Crippen LogP contribution in [0.3, 0.4) is 0 Å². The third kappa shape index (κ3) is 1.70. The zero-order valence-electron chi connectivity index (χ0n) is 6.99. The van der Waals surface area contributed by atoms with Crippen LogP contribution in [-0.4, -0.2) is 9.97 Å². The SMILES string of the molecule is Cc1cc(-c2ccoc2)nc(Cl)n1. The Balaban J connectivity index is 2.53. The number of rotatable bonds is 1. The van der Waals surface area contributed by atoms with Crippen LogP contribution in [0, 0.1) is 6.92 Å². The van der Waals surface area contributed by atoms with E-state index in [1.807, 2.05) is 19.1 Å². The second-order valence-electron chi connectivity index (χ2n) is 2.68. The highest BCUT2D eigenvalue weighted by atomic mass is 35.5. The fraction of sp³-hybridized carbons (Fsp3) is 0.111. The topological polar surface area (TPSA) is 38.9 Å². The first-order valence-corrected chi connectivity index (χ1v) is 4.17. The van der Waals surface area contributed by atoms with E-state index in [-0.39, 0.29) is 5.28 Å². The summed E-state index contributed by atoms with van der Waals surface area (Å²) in [6.07, 6.45) is 3.22. The van der Waals surface area contributed by atoms with Gasteiger partial charge in [-0.25, -0.2) is 9.97 Å². The average Bonchev–Trinajstić information content (AvgIpc) is 2.53. The third-order valence-corrected chi connectivity index (χ3v) is 1.81. The van der Waals surface area contributed by atoms with Crippen molar-refractivity contribution in [3.05, 3.63) is 35.6 Å². The number of nitrogens with zero attached hydrogens (tertiary/aromatic N) is 2. The van der Waals surface area contributed by atoms with Crippen molar-refractivity contribution in [2.24, 2.45) is 0 Å². The van der Waals surface area contributed by atoms with Gasteiger partial charge in [0.1, 0.15) is 0 Å². The summed E-state index contributed by atoms with van der Waals surface area (Å²) >= 11 is 5.71. The van der Waals surface area contributed by atoms with Crippen LogP contribution >= 0.6 is 11.6 Å². The van der Waals surface area contributed by atoms with Crippen molar-refractivity contribution < 1.29 is 4.42 Å². The Hall–Kier alpha value is -1.35. The van der Waals surface area contributed by atoms with E-state index in [0.717, 1.165) is 17.0 Å². The molecule has 2 aromatic rings. The lowest BCUT2D eigenvalue weighted by Crippen LogP contribution is -1.89. The minimum absolute atomic E-state index is 0.260. The van der Waals surface area contributed by atoms with Gasteiger partial charge in [0.2, 0.25) is 5.28 Å². The largest absolute Gasteiger partial charge is 0.472 e. The first-order valence-electron chi connectivity index (χ1n) is 3.79. The summed E-state index contributed by atoms with van der Waals surface area (Å²) in [7, 11) is 0. The molecule has 0 amide bonds. The molecule has 0 spiro atoms. The van der Waals surface area contributed by atoms with Gasteiger partial charge in [0.25, 0.3) is 0 Å². The molecule has 2 aromatic heterocycles. The first-order chi connectivity index (χ1) is 6.25. The van der Waals surface area contributed by atoms with E-state index in [1.165, 1.54) is 0 Å². The van der Waals surface area contributed by atoms with E-state index >= 15 is 0 Å². The second kappa shape index (κ2) is 3.18. The maximum absolute atomic E-state index is 5.71. The van der Waals surface area contributed by atoms with Gasteiger partial charge in [0.15, 0.2) is 0 Å². The Bertz CT molecular complexity index is 391. The van der Waals surface area contributed by atoms with Gasteiger partial charge in [-0.1, -0.05) is 0 Å². The van der Waals surface area contributed by atoms with Crippen molar-refractivity contribution in [2.75, 3.05) is 0 Å². The molecule has 0 atom stereocenters. The van der Waals surface area contributed by atoms with E-state index in [4.69, 9.17) is 16.0 Å². The van der Waals surface area contributed by atoms with Crippen LogP contribution in [0.5, 0.6) is 0 Å². The van der Waals surface area contributed by atoms with Crippen molar-refractivity contribution in [1.29, 1.82) is 0 Å². The molecule has 0 saturated heterocycles. The summed E-state index contributed by atoms with van der Waals surface area (Å²) < 4.78 is 4.95. The normalized spacial score (nSPS) is 10.3. The first kappa shape index (κ1) is 8.26. The van der Waals surface area contributed by atoms with Crippen LogP contribution < -0.4 is 0 Å². The van der Waals surface area contributed by atoms with Gasteiger partial charge in [0, 0.05) is 11.3 Å². The monoisotopic (exact) mass is 194 g/mol. The van der Waals surface area contributed by atoms with E-state index in [1.54, 1.807) is 12.5 Å². The van der Waals surface area contributed by atoms with Crippen molar-refractivity contribution in [2.45, 2.75) is 6.92 Å². The van der Waals surface area contributed by atoms with Crippen LogP contribution in [0.25, 0.3) is 11.3 Å². The molecule has 0 radical (unpaired) electrons. The number of aryl methyl sites for hydroxylation is 1. The van der Waals surface area contributed by atoms with Crippen LogP contribution in [0.2, 0.25) is 5.28 Å². The van der Waals surface area contributed by atoms with Crippen LogP contribution in [0.1, 0.15) is 5.69 Å². The second-order valence-corrected chi connectivity index (χ2v) is 3.01. The average molecular weight is 195 g/mol. The standard InChI is InChI=1S/C9H7ClN2O/c1-6-4-8(12-9(10)11-6)7-2-3-13-5-7/h2-5H,1H3. The molecular formula is C9H7ClN2O. The van der Waals surface area contributed by atoms with Gasteiger partial charge in [-0.15, -0.1) is 0 Å². The molecule has 0 aliphatic heterocycles. The molecule has 0 aliphatic carbocycles. The Kier molecular flexibility index (Phi) is 2.02. The maximum atomic E-state index is 5.71. The molecule has 66 valence electrons. The van der Waals surface area contributed by atoms with Crippen LogP contribution in [0.4, 0.5) is 0 Å². The molecule has 13 heavy (non-hydrogen) atoms. The highest BCUT2D eigenvalue weighted by Crippen LogP contribution is 2.19. The molecule has 0 N–H and O–H groups in total. The zero-order chi connectivity index (χ0) is 9.26. The minimum atomic E-state index is 0.260. The predicted octanol–water partition coefficient (Wildman–Crippen LogP) is 2.70. The summed E-state index contributed by atoms with van der Waals surface area (Å²) in [6, 6.07) is 3.69. The molecular weight excluding hydrogens is 188 g/mol. The molecule has 3 nitrogen and oxygen atoms in total. The van der Waals surface area contributed by atoms with Crippen molar-refractivity contribution >= 4 is 11.6 Å². The van der Waals surface area contributed by atoms with Crippen LogP contribution in [0.15, 0.2) is 29.1 Å². The maximum Gasteiger partial charge on any atom is 0.223 e. The van der Waals surface area contributed by atoms with Gasteiger partial charge < -0.3 is 4.42 Å². The molecule has 0 bridgehead atoms. The number of furan rings is 1. The highest BCUT2D eigenvalue weighted by molar-refractivity contribution is 6.28. The smallest absolute Gasteiger partial charge is 0.223 e. The number of halogens is 1. The fourth-order valence-electron chi connectivity index (χ4n) is 1.09. The van der Waals surface area contributed by atoms with Crippen molar-refractivity contribution in [3.8, 4) is 11.3 Å². The quantitative estimate of drug-likeness (QED) is 0.656. The molecule has 2 rings (SSSR count). The lowest BCUT2D eigenvalue weighted by atomic mass is 10.2. The lowest BCUT2D eigenvalue weighted by Gasteiger charge is -1.98.